The molecule has 2 aromatic carbocycles. The molecule has 0 aliphatic heterocycles. The van der Waals surface area contributed by atoms with Crippen LogP contribution >= 0.6 is 11.6 Å². The number of aromatic amines is 1. The second-order valence-electron chi connectivity index (χ2n) is 7.05. The van der Waals surface area contributed by atoms with Crippen molar-refractivity contribution in [3.05, 3.63) is 94.9 Å². The molecule has 2 aromatic heterocycles. The fraction of sp³-hybridized carbons (Fsp3) is 0.0435. The van der Waals surface area contributed by atoms with E-state index in [1.165, 1.54) is 36.5 Å². The standard InChI is InChI=1S/C23H15ClF3N5O2/c24-18-6-4-13(21(33)31-15-3-1-2-14(11-15)23(25,26)27)10-17(18)22(34)32-16-5-7-19(30-12-16)20-28-8-9-29-20/h1-12H,(H,28,29)(H,31,33)(H,32,34). The molecule has 0 saturated heterocycles. The lowest BCUT2D eigenvalue weighted by atomic mass is 10.1. The van der Waals surface area contributed by atoms with Crippen molar-refractivity contribution >= 4 is 34.8 Å². The van der Waals surface area contributed by atoms with Crippen molar-refractivity contribution in [1.82, 2.24) is 15.0 Å². The number of imidazole rings is 1. The van der Waals surface area contributed by atoms with Gasteiger partial charge in [0.2, 0.25) is 0 Å². The van der Waals surface area contributed by atoms with Crippen LogP contribution in [0.5, 0.6) is 0 Å². The maximum absolute atomic E-state index is 12.9. The average Bonchev–Trinajstić information content (AvgIpc) is 3.34. The highest BCUT2D eigenvalue weighted by Crippen LogP contribution is 2.31. The van der Waals surface area contributed by atoms with E-state index in [1.54, 1.807) is 24.5 Å². The van der Waals surface area contributed by atoms with Gasteiger partial charge in [-0.2, -0.15) is 13.2 Å². The molecule has 0 spiro atoms. The monoisotopic (exact) mass is 485 g/mol. The lowest BCUT2D eigenvalue weighted by molar-refractivity contribution is -0.137. The lowest BCUT2D eigenvalue weighted by Crippen LogP contribution is -2.16. The molecular formula is C23H15ClF3N5O2. The van der Waals surface area contributed by atoms with Crippen molar-refractivity contribution in [1.29, 1.82) is 0 Å². The van der Waals surface area contributed by atoms with E-state index in [1.807, 2.05) is 0 Å². The second kappa shape index (κ2) is 9.36. The number of aromatic nitrogens is 3. The molecule has 0 saturated carbocycles. The van der Waals surface area contributed by atoms with E-state index in [2.05, 4.69) is 25.6 Å². The molecule has 34 heavy (non-hydrogen) atoms. The van der Waals surface area contributed by atoms with Gasteiger partial charge in [-0.25, -0.2) is 4.98 Å². The highest BCUT2D eigenvalue weighted by atomic mass is 35.5. The maximum Gasteiger partial charge on any atom is 0.416 e. The van der Waals surface area contributed by atoms with Gasteiger partial charge in [0.1, 0.15) is 5.69 Å². The number of H-pyrrole nitrogens is 1. The van der Waals surface area contributed by atoms with Crippen LogP contribution in [0, 0.1) is 0 Å². The summed E-state index contributed by atoms with van der Waals surface area (Å²) in [5.41, 5.74) is 0.0767. The molecule has 0 bridgehead atoms. The molecule has 0 aliphatic carbocycles. The number of carbonyl (C=O) groups is 2. The highest BCUT2D eigenvalue weighted by molar-refractivity contribution is 6.34. The molecule has 4 aromatic rings. The van der Waals surface area contributed by atoms with E-state index in [0.29, 0.717) is 17.2 Å². The summed E-state index contributed by atoms with van der Waals surface area (Å²) in [5.74, 6) is -0.721. The van der Waals surface area contributed by atoms with Gasteiger partial charge in [0.15, 0.2) is 5.82 Å². The summed E-state index contributed by atoms with van der Waals surface area (Å²) < 4.78 is 38.7. The van der Waals surface area contributed by atoms with Crippen LogP contribution in [-0.4, -0.2) is 26.8 Å². The Balaban J connectivity index is 1.49. The van der Waals surface area contributed by atoms with Gasteiger partial charge in [-0.3, -0.25) is 14.6 Å². The zero-order valence-corrected chi connectivity index (χ0v) is 17.9. The third-order valence-corrected chi connectivity index (χ3v) is 5.01. The molecule has 4 rings (SSSR count). The minimum atomic E-state index is -4.54. The highest BCUT2D eigenvalue weighted by Gasteiger charge is 2.30. The van der Waals surface area contributed by atoms with Gasteiger partial charge in [0.25, 0.3) is 11.8 Å². The largest absolute Gasteiger partial charge is 0.416 e. The molecule has 172 valence electrons. The van der Waals surface area contributed by atoms with Gasteiger partial charge in [-0.15, -0.1) is 0 Å². The van der Waals surface area contributed by atoms with Crippen LogP contribution in [0.3, 0.4) is 0 Å². The summed E-state index contributed by atoms with van der Waals surface area (Å²) >= 11 is 6.14. The van der Waals surface area contributed by atoms with Crippen molar-refractivity contribution < 1.29 is 22.8 Å². The third kappa shape index (κ3) is 5.24. The number of halogens is 4. The van der Waals surface area contributed by atoms with Crippen molar-refractivity contribution in [3.63, 3.8) is 0 Å². The Morgan fingerprint density at radius 3 is 2.38 bits per heavy atom. The molecule has 2 amide bonds. The number of anilines is 2. The number of benzene rings is 2. The zero-order valence-electron chi connectivity index (χ0n) is 17.2. The number of pyridine rings is 1. The maximum atomic E-state index is 12.9. The molecule has 3 N–H and O–H groups in total. The van der Waals surface area contributed by atoms with E-state index in [9.17, 15) is 22.8 Å². The van der Waals surface area contributed by atoms with E-state index in [-0.39, 0.29) is 21.8 Å². The van der Waals surface area contributed by atoms with Crippen LogP contribution in [-0.2, 0) is 6.18 Å². The van der Waals surface area contributed by atoms with Crippen molar-refractivity contribution in [2.75, 3.05) is 10.6 Å². The summed E-state index contributed by atoms with van der Waals surface area (Å²) in [6.45, 7) is 0. The SMILES string of the molecule is O=C(Nc1cccc(C(F)(F)F)c1)c1ccc(Cl)c(C(=O)Nc2ccc(-c3ncc[nH]3)nc2)c1. The quantitative estimate of drug-likeness (QED) is 0.340. The first-order valence-electron chi connectivity index (χ1n) is 9.76. The Bertz CT molecular complexity index is 1340. The molecule has 7 nitrogen and oxygen atoms in total. The number of nitrogens with one attached hydrogen (secondary N) is 3. The van der Waals surface area contributed by atoms with Crippen molar-refractivity contribution in [3.8, 4) is 11.5 Å². The molecule has 2 heterocycles. The Morgan fingerprint density at radius 2 is 1.71 bits per heavy atom. The number of hydrogen-bond acceptors (Lipinski definition) is 4. The molecule has 0 aliphatic rings. The van der Waals surface area contributed by atoms with Crippen LogP contribution in [0.4, 0.5) is 24.5 Å². The Labute approximate surface area is 196 Å². The van der Waals surface area contributed by atoms with Crippen LogP contribution < -0.4 is 10.6 Å². The fourth-order valence-corrected chi connectivity index (χ4v) is 3.23. The molecule has 0 fully saturated rings. The Hall–Kier alpha value is -4.18. The minimum absolute atomic E-state index is 0.00784. The molecule has 11 heteroatoms. The van der Waals surface area contributed by atoms with E-state index >= 15 is 0 Å². The number of carbonyl (C=O) groups excluding carboxylic acids is 2. The van der Waals surface area contributed by atoms with Gasteiger partial charge in [0, 0.05) is 23.6 Å². The normalized spacial score (nSPS) is 11.2. The van der Waals surface area contributed by atoms with Crippen LogP contribution in [0.2, 0.25) is 5.02 Å². The number of hydrogen-bond donors (Lipinski definition) is 3. The minimum Gasteiger partial charge on any atom is -0.343 e. The fourth-order valence-electron chi connectivity index (χ4n) is 3.03. The predicted molar refractivity (Wildman–Crippen MR) is 121 cm³/mol. The van der Waals surface area contributed by atoms with Gasteiger partial charge < -0.3 is 15.6 Å². The number of alkyl halides is 3. The summed E-state index contributed by atoms with van der Waals surface area (Å²) in [6.07, 6.45) is 0.140. The van der Waals surface area contributed by atoms with Gasteiger partial charge >= 0.3 is 6.18 Å². The van der Waals surface area contributed by atoms with Crippen molar-refractivity contribution in [2.24, 2.45) is 0 Å². The topological polar surface area (TPSA) is 99.8 Å². The number of amides is 2. The van der Waals surface area contributed by atoms with Crippen molar-refractivity contribution in [2.45, 2.75) is 6.18 Å². The van der Waals surface area contributed by atoms with Crippen LogP contribution in [0.15, 0.2) is 73.2 Å². The molecule has 0 unspecified atom stereocenters. The Kier molecular flexibility index (Phi) is 6.33. The molecular weight excluding hydrogens is 471 g/mol. The first kappa shape index (κ1) is 23.0. The van der Waals surface area contributed by atoms with Crippen LogP contribution in [0.25, 0.3) is 11.5 Å². The van der Waals surface area contributed by atoms with Gasteiger partial charge in [-0.05, 0) is 48.5 Å². The smallest absolute Gasteiger partial charge is 0.343 e. The molecule has 0 radical (unpaired) electrons. The van der Waals surface area contributed by atoms with Crippen LogP contribution in [0.1, 0.15) is 26.3 Å². The number of rotatable bonds is 5. The summed E-state index contributed by atoms with van der Waals surface area (Å²) in [7, 11) is 0. The van der Waals surface area contributed by atoms with E-state index in [0.717, 1.165) is 12.1 Å². The average molecular weight is 486 g/mol. The Morgan fingerprint density at radius 1 is 0.912 bits per heavy atom. The predicted octanol–water partition coefficient (Wildman–Crippen LogP) is 5.65. The van der Waals surface area contributed by atoms with Gasteiger partial charge in [0.05, 0.1) is 28.0 Å². The van der Waals surface area contributed by atoms with E-state index < -0.39 is 23.6 Å². The first-order valence-corrected chi connectivity index (χ1v) is 10.1. The summed E-state index contributed by atoms with van der Waals surface area (Å²) in [5, 5.41) is 5.12. The van der Waals surface area contributed by atoms with Gasteiger partial charge in [-0.1, -0.05) is 17.7 Å². The zero-order chi connectivity index (χ0) is 24.3. The summed E-state index contributed by atoms with van der Waals surface area (Å²) in [4.78, 5) is 36.6. The second-order valence-corrected chi connectivity index (χ2v) is 7.46. The first-order chi connectivity index (χ1) is 16.2. The third-order valence-electron chi connectivity index (χ3n) is 4.68. The number of nitrogens with zero attached hydrogens (tertiary/aromatic N) is 2. The lowest BCUT2D eigenvalue weighted by Gasteiger charge is -2.11. The summed E-state index contributed by atoms with van der Waals surface area (Å²) in [6, 6.07) is 11.5. The van der Waals surface area contributed by atoms with E-state index in [4.69, 9.17) is 11.6 Å². The molecule has 0 atom stereocenters.